The quantitative estimate of drug-likeness (QED) is 0.157. The summed E-state index contributed by atoms with van der Waals surface area (Å²) in [5.41, 5.74) is 12.6. The molecule has 0 atom stereocenters. The molecule has 0 saturated carbocycles. The average molecular weight is 705 g/mol. The van der Waals surface area contributed by atoms with Gasteiger partial charge in [0.25, 0.3) is 0 Å². The molecule has 0 N–H and O–H groups in total. The number of benzene rings is 9. The van der Waals surface area contributed by atoms with Gasteiger partial charge in [0.1, 0.15) is 11.2 Å². The van der Waals surface area contributed by atoms with Crippen LogP contribution in [0.2, 0.25) is 0 Å². The van der Waals surface area contributed by atoms with E-state index in [1.54, 1.807) is 0 Å². The second-order valence-corrected chi connectivity index (χ2v) is 13.8. The second-order valence-electron chi connectivity index (χ2n) is 13.8. The van der Waals surface area contributed by atoms with Gasteiger partial charge in [-0.15, -0.1) is 0 Å². The maximum absolute atomic E-state index is 6.89. The monoisotopic (exact) mass is 704 g/mol. The number of hydrogen-bond donors (Lipinski definition) is 0. The van der Waals surface area contributed by atoms with Crippen LogP contribution in [-0.2, 0) is 0 Å². The molecule has 3 nitrogen and oxygen atoms in total. The summed E-state index contributed by atoms with van der Waals surface area (Å²) in [7, 11) is 0. The van der Waals surface area contributed by atoms with Crippen molar-refractivity contribution in [1.29, 1.82) is 0 Å². The first kappa shape index (κ1) is 32.3. The van der Waals surface area contributed by atoms with Crippen LogP contribution in [0.1, 0.15) is 0 Å². The zero-order chi connectivity index (χ0) is 36.6. The lowest BCUT2D eigenvalue weighted by atomic mass is 10.0. The van der Waals surface area contributed by atoms with Crippen LogP contribution in [0.25, 0.3) is 55.0 Å². The summed E-state index contributed by atoms with van der Waals surface area (Å²) in [5, 5.41) is 4.51. The fourth-order valence-corrected chi connectivity index (χ4v) is 7.83. The molecule has 0 aliphatic rings. The van der Waals surface area contributed by atoms with Gasteiger partial charge in [-0.3, -0.25) is 0 Å². The number of para-hydroxylation sites is 2. The fraction of sp³-hybridized carbons (Fsp3) is 0. The van der Waals surface area contributed by atoms with Crippen LogP contribution in [0, 0.1) is 0 Å². The highest BCUT2D eigenvalue weighted by molar-refractivity contribution is 6.24. The van der Waals surface area contributed by atoms with Crippen LogP contribution in [0.4, 0.5) is 34.1 Å². The van der Waals surface area contributed by atoms with Crippen molar-refractivity contribution < 1.29 is 4.42 Å². The minimum atomic E-state index is 0.822. The maximum Gasteiger partial charge on any atom is 0.139 e. The molecule has 1 heterocycles. The number of anilines is 6. The standard InChI is InChI=1S/C52H36N2O/c1-5-15-37(16-6-1)39-25-30-44(31-26-39)53(42-20-9-3-10-21-42)46-35-48(52-50(36-46)55-49-34-29-41-19-13-14-24-47(41)51(49)52)54(43-22-11-4-12-23-43)45-32-27-40(28-33-45)38-17-7-2-8-18-38/h1-36H. The van der Waals surface area contributed by atoms with Crippen LogP contribution < -0.4 is 9.80 Å². The van der Waals surface area contributed by atoms with Gasteiger partial charge in [0.2, 0.25) is 0 Å². The summed E-state index contributed by atoms with van der Waals surface area (Å²) in [4.78, 5) is 4.70. The first-order chi connectivity index (χ1) is 27.3. The molecule has 1 aromatic heterocycles. The Balaban J connectivity index is 1.24. The van der Waals surface area contributed by atoms with E-state index in [1.165, 1.54) is 27.6 Å². The van der Waals surface area contributed by atoms with Crippen LogP contribution in [0.15, 0.2) is 223 Å². The zero-order valence-electron chi connectivity index (χ0n) is 30.1. The van der Waals surface area contributed by atoms with Crippen LogP contribution in [0.5, 0.6) is 0 Å². The number of rotatable bonds is 8. The van der Waals surface area contributed by atoms with Gasteiger partial charge in [0, 0.05) is 34.2 Å². The number of furan rings is 1. The number of nitrogens with zero attached hydrogens (tertiary/aromatic N) is 2. The summed E-state index contributed by atoms with van der Waals surface area (Å²) in [6, 6.07) is 77.4. The summed E-state index contributed by atoms with van der Waals surface area (Å²) in [5.74, 6) is 0. The summed E-state index contributed by atoms with van der Waals surface area (Å²) in [6.07, 6.45) is 0. The zero-order valence-corrected chi connectivity index (χ0v) is 30.1. The van der Waals surface area contributed by atoms with E-state index in [4.69, 9.17) is 4.42 Å². The molecule has 0 fully saturated rings. The predicted molar refractivity (Wildman–Crippen MR) is 231 cm³/mol. The summed E-state index contributed by atoms with van der Waals surface area (Å²) >= 11 is 0. The Morgan fingerprint density at radius 2 is 0.745 bits per heavy atom. The molecule has 0 amide bonds. The van der Waals surface area contributed by atoms with E-state index in [0.29, 0.717) is 0 Å². The molecule has 3 heteroatoms. The first-order valence-electron chi connectivity index (χ1n) is 18.7. The van der Waals surface area contributed by atoms with Gasteiger partial charge >= 0.3 is 0 Å². The summed E-state index contributed by atoms with van der Waals surface area (Å²) in [6.45, 7) is 0. The average Bonchev–Trinajstić information content (AvgIpc) is 3.65. The topological polar surface area (TPSA) is 19.6 Å². The highest BCUT2D eigenvalue weighted by Crippen LogP contribution is 2.49. The predicted octanol–water partition coefficient (Wildman–Crippen LogP) is 15.0. The van der Waals surface area contributed by atoms with Crippen molar-refractivity contribution in [2.75, 3.05) is 9.80 Å². The molecular weight excluding hydrogens is 669 g/mol. The second kappa shape index (κ2) is 13.9. The first-order valence-corrected chi connectivity index (χ1v) is 18.7. The third-order valence-corrected chi connectivity index (χ3v) is 10.4. The van der Waals surface area contributed by atoms with Gasteiger partial charge in [-0.2, -0.15) is 0 Å². The van der Waals surface area contributed by atoms with Gasteiger partial charge in [-0.25, -0.2) is 0 Å². The Hall–Kier alpha value is -7.36. The van der Waals surface area contributed by atoms with Crippen LogP contribution in [-0.4, -0.2) is 0 Å². The third kappa shape index (κ3) is 5.98. The van der Waals surface area contributed by atoms with Crippen LogP contribution in [0.3, 0.4) is 0 Å². The molecular formula is C52H36N2O. The van der Waals surface area contributed by atoms with Crippen molar-refractivity contribution in [2.45, 2.75) is 0 Å². The molecule has 0 aliphatic carbocycles. The van der Waals surface area contributed by atoms with E-state index in [1.807, 2.05) is 0 Å². The SMILES string of the molecule is c1ccc(-c2ccc(N(c3ccccc3)c3cc(N(c4ccccc4)c4ccc(-c5ccccc5)cc4)c4c(c3)oc3ccc5ccccc5c34)cc2)cc1. The van der Waals surface area contributed by atoms with E-state index in [0.717, 1.165) is 61.4 Å². The van der Waals surface area contributed by atoms with Crippen molar-refractivity contribution in [1.82, 2.24) is 0 Å². The fourth-order valence-electron chi connectivity index (χ4n) is 7.83. The molecule has 260 valence electrons. The molecule has 9 aromatic carbocycles. The number of hydrogen-bond acceptors (Lipinski definition) is 3. The Bertz CT molecular complexity index is 2890. The molecule has 0 saturated heterocycles. The third-order valence-electron chi connectivity index (χ3n) is 10.4. The highest BCUT2D eigenvalue weighted by Gasteiger charge is 2.24. The van der Waals surface area contributed by atoms with E-state index in [2.05, 4.69) is 228 Å². The minimum Gasteiger partial charge on any atom is -0.456 e. The lowest BCUT2D eigenvalue weighted by Gasteiger charge is -2.30. The molecule has 10 aromatic rings. The Labute approximate surface area is 320 Å². The molecule has 0 aliphatic heterocycles. The Kier molecular flexibility index (Phi) is 8.16. The lowest BCUT2D eigenvalue weighted by molar-refractivity contribution is 0.669. The van der Waals surface area contributed by atoms with Gasteiger partial charge in [-0.1, -0.05) is 152 Å². The smallest absolute Gasteiger partial charge is 0.139 e. The van der Waals surface area contributed by atoms with Gasteiger partial charge < -0.3 is 14.2 Å². The van der Waals surface area contributed by atoms with Crippen molar-refractivity contribution in [3.05, 3.63) is 218 Å². The van der Waals surface area contributed by atoms with Gasteiger partial charge in [-0.05, 0) is 93.7 Å². The largest absolute Gasteiger partial charge is 0.456 e. The number of fused-ring (bicyclic) bond motifs is 5. The molecule has 0 unspecified atom stereocenters. The van der Waals surface area contributed by atoms with Gasteiger partial charge in [0.05, 0.1) is 16.8 Å². The lowest BCUT2D eigenvalue weighted by Crippen LogP contribution is -2.13. The Morgan fingerprint density at radius 1 is 0.291 bits per heavy atom. The van der Waals surface area contributed by atoms with Crippen molar-refractivity contribution in [3.8, 4) is 22.3 Å². The summed E-state index contributed by atoms with van der Waals surface area (Å²) < 4.78 is 6.89. The molecule has 55 heavy (non-hydrogen) atoms. The molecule has 0 bridgehead atoms. The van der Waals surface area contributed by atoms with Crippen molar-refractivity contribution in [2.24, 2.45) is 0 Å². The molecule has 10 rings (SSSR count). The van der Waals surface area contributed by atoms with E-state index in [-0.39, 0.29) is 0 Å². The van der Waals surface area contributed by atoms with E-state index in [9.17, 15) is 0 Å². The highest BCUT2D eigenvalue weighted by atomic mass is 16.3. The van der Waals surface area contributed by atoms with E-state index < -0.39 is 0 Å². The molecule has 0 spiro atoms. The van der Waals surface area contributed by atoms with Crippen molar-refractivity contribution >= 4 is 66.8 Å². The molecule has 0 radical (unpaired) electrons. The minimum absolute atomic E-state index is 0.822. The maximum atomic E-state index is 6.89. The van der Waals surface area contributed by atoms with E-state index >= 15 is 0 Å². The van der Waals surface area contributed by atoms with Gasteiger partial charge in [0.15, 0.2) is 0 Å². The van der Waals surface area contributed by atoms with Crippen LogP contribution >= 0.6 is 0 Å². The normalized spacial score (nSPS) is 11.3. The Morgan fingerprint density at radius 3 is 1.33 bits per heavy atom. The van der Waals surface area contributed by atoms with Crippen molar-refractivity contribution in [3.63, 3.8) is 0 Å².